The Balaban J connectivity index is 1.91. The van der Waals surface area contributed by atoms with Crippen LogP contribution in [0.4, 0.5) is 0 Å². The highest BCUT2D eigenvalue weighted by molar-refractivity contribution is 5.88. The smallest absolute Gasteiger partial charge is 0.261 e. The molecule has 0 saturated carbocycles. The van der Waals surface area contributed by atoms with E-state index in [0.717, 1.165) is 22.3 Å². The number of hydrogen-bond donors (Lipinski definition) is 1. The molecule has 3 aromatic rings. The minimum Gasteiger partial charge on any atom is -0.497 e. The molecule has 184 valence electrons. The summed E-state index contributed by atoms with van der Waals surface area (Å²) in [5, 5.41) is 2.90. The molecule has 0 aliphatic heterocycles. The first-order valence-corrected chi connectivity index (χ1v) is 11.8. The number of methoxy groups -OCH3 is 1. The Kier molecular flexibility index (Phi) is 9.30. The molecular formula is C29H34N2O4. The molecule has 0 saturated heterocycles. The molecule has 0 heterocycles. The summed E-state index contributed by atoms with van der Waals surface area (Å²) in [5.41, 5.74) is 3.93. The third kappa shape index (κ3) is 7.34. The van der Waals surface area contributed by atoms with Crippen LogP contribution >= 0.6 is 0 Å². The number of nitrogens with one attached hydrogen (secondary N) is 1. The maximum atomic E-state index is 13.6. The highest BCUT2D eigenvalue weighted by Crippen LogP contribution is 2.21. The highest BCUT2D eigenvalue weighted by atomic mass is 16.5. The normalized spacial score (nSPS) is 11.4. The van der Waals surface area contributed by atoms with E-state index in [2.05, 4.69) is 5.32 Å². The van der Waals surface area contributed by atoms with Crippen molar-refractivity contribution in [2.45, 2.75) is 39.8 Å². The van der Waals surface area contributed by atoms with Gasteiger partial charge in [-0.05, 0) is 55.7 Å². The molecule has 0 spiro atoms. The van der Waals surface area contributed by atoms with Crippen molar-refractivity contribution in [2.75, 3.05) is 20.3 Å². The maximum absolute atomic E-state index is 13.6. The molecule has 6 heteroatoms. The van der Waals surface area contributed by atoms with Gasteiger partial charge in [0.05, 0.1) is 7.11 Å². The van der Waals surface area contributed by atoms with Crippen LogP contribution in [0.25, 0.3) is 0 Å². The first-order chi connectivity index (χ1) is 16.9. The zero-order valence-corrected chi connectivity index (χ0v) is 20.9. The van der Waals surface area contributed by atoms with E-state index in [0.29, 0.717) is 24.5 Å². The van der Waals surface area contributed by atoms with Gasteiger partial charge in [0.15, 0.2) is 6.61 Å². The highest BCUT2D eigenvalue weighted by Gasteiger charge is 2.30. The summed E-state index contributed by atoms with van der Waals surface area (Å²) < 4.78 is 11.3. The Labute approximate surface area is 207 Å². The fourth-order valence-electron chi connectivity index (χ4n) is 4.00. The standard InChI is InChI=1S/C29H34N2O4/c1-5-30-29(33)26(18-23-10-7-6-8-11-23)31(19-24-12-9-13-25(17-24)34-4)28(32)20-35-27-15-14-21(2)16-22(27)3/h6-17,26H,5,18-20H2,1-4H3,(H,30,33)/t26-/m1/s1. The minimum atomic E-state index is -0.696. The molecule has 6 nitrogen and oxygen atoms in total. The summed E-state index contributed by atoms with van der Waals surface area (Å²) in [4.78, 5) is 28.4. The van der Waals surface area contributed by atoms with E-state index < -0.39 is 6.04 Å². The Morgan fingerprint density at radius 2 is 1.69 bits per heavy atom. The second-order valence-electron chi connectivity index (χ2n) is 8.53. The molecular weight excluding hydrogens is 440 g/mol. The summed E-state index contributed by atoms with van der Waals surface area (Å²) in [6.45, 7) is 6.39. The molecule has 2 amide bonds. The number of benzene rings is 3. The van der Waals surface area contributed by atoms with Crippen molar-refractivity contribution in [3.63, 3.8) is 0 Å². The Bertz CT molecular complexity index is 1130. The third-order valence-electron chi connectivity index (χ3n) is 5.79. The molecule has 0 aliphatic rings. The number of aryl methyl sites for hydroxylation is 2. The molecule has 35 heavy (non-hydrogen) atoms. The van der Waals surface area contributed by atoms with Crippen molar-refractivity contribution >= 4 is 11.8 Å². The summed E-state index contributed by atoms with van der Waals surface area (Å²) in [6, 6.07) is 22.4. The number of nitrogens with zero attached hydrogens (tertiary/aromatic N) is 1. The minimum absolute atomic E-state index is 0.168. The molecule has 0 unspecified atom stereocenters. The predicted molar refractivity (Wildman–Crippen MR) is 138 cm³/mol. The molecule has 0 fully saturated rings. The monoisotopic (exact) mass is 474 g/mol. The van der Waals surface area contributed by atoms with Gasteiger partial charge in [-0.3, -0.25) is 9.59 Å². The SMILES string of the molecule is CCNC(=O)[C@@H](Cc1ccccc1)N(Cc1cccc(OC)c1)C(=O)COc1ccc(C)cc1C. The Morgan fingerprint density at radius 3 is 2.37 bits per heavy atom. The van der Waals surface area contributed by atoms with Crippen molar-refractivity contribution < 1.29 is 19.1 Å². The largest absolute Gasteiger partial charge is 0.497 e. The predicted octanol–water partition coefficient (Wildman–Crippen LogP) is 4.47. The van der Waals surface area contributed by atoms with Crippen LogP contribution in [0.2, 0.25) is 0 Å². The van der Waals surface area contributed by atoms with Gasteiger partial charge in [-0.2, -0.15) is 0 Å². The van der Waals surface area contributed by atoms with Crippen molar-refractivity contribution in [2.24, 2.45) is 0 Å². The van der Waals surface area contributed by atoms with Gasteiger partial charge in [-0.15, -0.1) is 0 Å². The van der Waals surface area contributed by atoms with Crippen molar-refractivity contribution in [1.29, 1.82) is 0 Å². The lowest BCUT2D eigenvalue weighted by Crippen LogP contribution is -2.51. The summed E-state index contributed by atoms with van der Waals surface area (Å²) in [5.74, 6) is 0.890. The van der Waals surface area contributed by atoms with E-state index in [1.807, 2.05) is 93.6 Å². The van der Waals surface area contributed by atoms with Crippen LogP contribution in [0.15, 0.2) is 72.8 Å². The lowest BCUT2D eigenvalue weighted by atomic mass is 10.0. The molecule has 0 radical (unpaired) electrons. The Hall–Kier alpha value is -3.80. The number of carbonyl (C=O) groups is 2. The molecule has 1 N–H and O–H groups in total. The number of rotatable bonds is 11. The van der Waals surface area contributed by atoms with Crippen LogP contribution in [0.5, 0.6) is 11.5 Å². The van der Waals surface area contributed by atoms with Crippen molar-refractivity contribution in [1.82, 2.24) is 10.2 Å². The van der Waals surface area contributed by atoms with E-state index in [4.69, 9.17) is 9.47 Å². The second kappa shape index (κ2) is 12.6. The van der Waals surface area contributed by atoms with Gasteiger partial charge in [0, 0.05) is 19.5 Å². The van der Waals surface area contributed by atoms with Gasteiger partial charge in [-0.1, -0.05) is 60.2 Å². The van der Waals surface area contributed by atoms with Gasteiger partial charge >= 0.3 is 0 Å². The quantitative estimate of drug-likeness (QED) is 0.445. The van der Waals surface area contributed by atoms with Gasteiger partial charge in [-0.25, -0.2) is 0 Å². The van der Waals surface area contributed by atoms with Gasteiger partial charge in [0.2, 0.25) is 5.91 Å². The second-order valence-corrected chi connectivity index (χ2v) is 8.53. The van der Waals surface area contributed by atoms with Gasteiger partial charge in [0.1, 0.15) is 17.5 Å². The van der Waals surface area contributed by atoms with E-state index >= 15 is 0 Å². The fraction of sp³-hybridized carbons (Fsp3) is 0.310. The Morgan fingerprint density at radius 1 is 0.943 bits per heavy atom. The number of hydrogen-bond acceptors (Lipinski definition) is 4. The fourth-order valence-corrected chi connectivity index (χ4v) is 4.00. The zero-order chi connectivity index (χ0) is 25.2. The van der Waals surface area contributed by atoms with E-state index in [9.17, 15) is 9.59 Å². The summed E-state index contributed by atoms with van der Waals surface area (Å²) >= 11 is 0. The topological polar surface area (TPSA) is 67.9 Å². The lowest BCUT2D eigenvalue weighted by molar-refractivity contribution is -0.142. The van der Waals surface area contributed by atoms with Gasteiger partial charge in [0.25, 0.3) is 5.91 Å². The molecule has 3 rings (SSSR count). The van der Waals surface area contributed by atoms with Crippen LogP contribution in [-0.4, -0.2) is 43.0 Å². The van der Waals surface area contributed by atoms with Crippen molar-refractivity contribution in [3.05, 3.63) is 95.1 Å². The summed E-state index contributed by atoms with van der Waals surface area (Å²) in [6.07, 6.45) is 0.395. The molecule has 0 aliphatic carbocycles. The van der Waals surface area contributed by atoms with Crippen LogP contribution in [0.3, 0.4) is 0 Å². The van der Waals surface area contributed by atoms with Crippen molar-refractivity contribution in [3.8, 4) is 11.5 Å². The molecule has 3 aromatic carbocycles. The molecule has 1 atom stereocenters. The average Bonchev–Trinajstić information content (AvgIpc) is 2.86. The number of likely N-dealkylation sites (N-methyl/N-ethyl adjacent to an activating group) is 1. The number of ether oxygens (including phenoxy) is 2. The van der Waals surface area contributed by atoms with Crippen LogP contribution in [-0.2, 0) is 22.6 Å². The summed E-state index contributed by atoms with van der Waals surface area (Å²) in [7, 11) is 1.60. The molecule has 0 aromatic heterocycles. The van der Waals surface area contributed by atoms with E-state index in [-0.39, 0.29) is 25.0 Å². The van der Waals surface area contributed by atoms with Crippen LogP contribution in [0, 0.1) is 13.8 Å². The first-order valence-electron chi connectivity index (χ1n) is 11.8. The van der Waals surface area contributed by atoms with Crippen LogP contribution in [0.1, 0.15) is 29.2 Å². The molecule has 0 bridgehead atoms. The lowest BCUT2D eigenvalue weighted by Gasteiger charge is -2.31. The van der Waals surface area contributed by atoms with Gasteiger partial charge < -0.3 is 19.7 Å². The first kappa shape index (κ1) is 25.8. The van der Waals surface area contributed by atoms with Crippen LogP contribution < -0.4 is 14.8 Å². The number of amides is 2. The third-order valence-corrected chi connectivity index (χ3v) is 5.79. The average molecular weight is 475 g/mol. The zero-order valence-electron chi connectivity index (χ0n) is 20.9. The van der Waals surface area contributed by atoms with E-state index in [1.165, 1.54) is 0 Å². The number of carbonyl (C=O) groups excluding carboxylic acids is 2. The van der Waals surface area contributed by atoms with E-state index in [1.54, 1.807) is 12.0 Å². The maximum Gasteiger partial charge on any atom is 0.261 e.